The van der Waals surface area contributed by atoms with E-state index in [1.807, 2.05) is 26.0 Å². The van der Waals surface area contributed by atoms with Crippen LogP contribution < -0.4 is 15.4 Å². The van der Waals surface area contributed by atoms with Gasteiger partial charge in [-0.1, -0.05) is 12.1 Å². The number of hydrogen-bond acceptors (Lipinski definition) is 3. The summed E-state index contributed by atoms with van der Waals surface area (Å²) in [5, 5.41) is 6.40. The summed E-state index contributed by atoms with van der Waals surface area (Å²) in [6.45, 7) is 5.32. The first-order valence-corrected chi connectivity index (χ1v) is 9.16. The molecule has 0 atom stereocenters. The van der Waals surface area contributed by atoms with E-state index in [0.717, 1.165) is 29.8 Å². The van der Waals surface area contributed by atoms with Gasteiger partial charge in [0.2, 0.25) is 0 Å². The van der Waals surface area contributed by atoms with Crippen molar-refractivity contribution in [3.05, 3.63) is 29.3 Å². The van der Waals surface area contributed by atoms with Crippen molar-refractivity contribution >= 4 is 5.96 Å². The highest BCUT2D eigenvalue weighted by atomic mass is 19.4. The van der Waals surface area contributed by atoms with Crippen LogP contribution in [0.4, 0.5) is 13.2 Å². The van der Waals surface area contributed by atoms with E-state index in [1.165, 1.54) is 11.9 Å². The molecule has 5 nitrogen and oxygen atoms in total. The molecule has 0 heterocycles. The first kappa shape index (κ1) is 23.1. The van der Waals surface area contributed by atoms with Crippen LogP contribution in [0.1, 0.15) is 24.5 Å². The minimum Gasteiger partial charge on any atom is -0.496 e. The number of nitrogens with zero attached hydrogens (tertiary/aromatic N) is 2. The minimum atomic E-state index is -4.16. The Kier molecular flexibility index (Phi) is 9.99. The van der Waals surface area contributed by atoms with Crippen molar-refractivity contribution in [2.75, 3.05) is 46.9 Å². The first-order valence-electron chi connectivity index (χ1n) is 9.16. The molecule has 2 N–H and O–H groups in total. The second-order valence-electron chi connectivity index (χ2n) is 6.45. The lowest BCUT2D eigenvalue weighted by atomic mass is 10.1. The molecule has 0 aliphatic heterocycles. The maximum Gasteiger partial charge on any atom is 0.401 e. The van der Waals surface area contributed by atoms with Crippen LogP contribution in [0.25, 0.3) is 0 Å². The van der Waals surface area contributed by atoms with Crippen LogP contribution in [0.2, 0.25) is 0 Å². The Labute approximate surface area is 160 Å². The van der Waals surface area contributed by atoms with Gasteiger partial charge in [-0.05, 0) is 57.5 Å². The molecular weight excluding hydrogens is 357 g/mol. The van der Waals surface area contributed by atoms with E-state index in [2.05, 4.69) is 21.7 Å². The summed E-state index contributed by atoms with van der Waals surface area (Å²) in [7, 11) is 3.13. The Morgan fingerprint density at radius 1 is 1.26 bits per heavy atom. The molecule has 0 amide bonds. The van der Waals surface area contributed by atoms with Gasteiger partial charge in [0.05, 0.1) is 13.7 Å². The number of aryl methyl sites for hydroxylation is 1. The molecule has 0 aliphatic carbocycles. The Balaban J connectivity index is 2.41. The van der Waals surface area contributed by atoms with E-state index in [9.17, 15) is 13.2 Å². The zero-order valence-electron chi connectivity index (χ0n) is 16.6. The second kappa shape index (κ2) is 11.7. The lowest BCUT2D eigenvalue weighted by molar-refractivity contribution is -0.143. The summed E-state index contributed by atoms with van der Waals surface area (Å²) in [6.07, 6.45) is -2.78. The highest BCUT2D eigenvalue weighted by Gasteiger charge is 2.28. The van der Waals surface area contributed by atoms with Gasteiger partial charge in [-0.2, -0.15) is 13.2 Å². The lowest BCUT2D eigenvalue weighted by Crippen LogP contribution is -2.38. The third kappa shape index (κ3) is 10.1. The van der Waals surface area contributed by atoms with Crippen molar-refractivity contribution < 1.29 is 17.9 Å². The molecule has 154 valence electrons. The van der Waals surface area contributed by atoms with E-state index >= 15 is 0 Å². The first-order chi connectivity index (χ1) is 12.7. The molecule has 27 heavy (non-hydrogen) atoms. The number of guanidine groups is 1. The molecule has 0 unspecified atom stereocenters. The number of alkyl halides is 3. The van der Waals surface area contributed by atoms with Crippen molar-refractivity contribution in [2.45, 2.75) is 32.9 Å². The summed E-state index contributed by atoms with van der Waals surface area (Å²) in [6, 6.07) is 6.13. The SMILES string of the molecule is CCNC(=NCCCN(C)CC(F)(F)F)NCCc1ccc(C)c(OC)c1. The van der Waals surface area contributed by atoms with E-state index in [4.69, 9.17) is 4.74 Å². The predicted octanol–water partition coefficient (Wildman–Crippen LogP) is 2.99. The lowest BCUT2D eigenvalue weighted by Gasteiger charge is -2.18. The highest BCUT2D eigenvalue weighted by Crippen LogP contribution is 2.19. The highest BCUT2D eigenvalue weighted by molar-refractivity contribution is 5.79. The van der Waals surface area contributed by atoms with Gasteiger partial charge in [-0.15, -0.1) is 0 Å². The van der Waals surface area contributed by atoms with Gasteiger partial charge in [0.1, 0.15) is 5.75 Å². The summed E-state index contributed by atoms with van der Waals surface area (Å²) in [5.74, 6) is 1.55. The van der Waals surface area contributed by atoms with Crippen molar-refractivity contribution in [3.8, 4) is 5.75 Å². The maximum atomic E-state index is 12.3. The molecule has 0 spiro atoms. The predicted molar refractivity (Wildman–Crippen MR) is 104 cm³/mol. The van der Waals surface area contributed by atoms with Crippen LogP contribution in [-0.4, -0.2) is 63.9 Å². The van der Waals surface area contributed by atoms with E-state index < -0.39 is 12.7 Å². The minimum absolute atomic E-state index is 0.353. The Morgan fingerprint density at radius 2 is 2.00 bits per heavy atom. The summed E-state index contributed by atoms with van der Waals surface area (Å²) in [5.41, 5.74) is 2.26. The molecule has 1 aromatic rings. The number of nitrogens with one attached hydrogen (secondary N) is 2. The van der Waals surface area contributed by atoms with Gasteiger partial charge >= 0.3 is 6.18 Å². The van der Waals surface area contributed by atoms with Gasteiger partial charge in [0, 0.05) is 19.6 Å². The fourth-order valence-corrected chi connectivity index (χ4v) is 2.60. The molecule has 0 aliphatic rings. The third-order valence-electron chi connectivity index (χ3n) is 3.94. The fourth-order valence-electron chi connectivity index (χ4n) is 2.60. The second-order valence-corrected chi connectivity index (χ2v) is 6.45. The summed E-state index contributed by atoms with van der Waals surface area (Å²) < 4.78 is 42.2. The number of methoxy groups -OCH3 is 1. The van der Waals surface area contributed by atoms with Crippen molar-refractivity contribution in [2.24, 2.45) is 4.99 Å². The number of benzene rings is 1. The van der Waals surface area contributed by atoms with Crippen LogP contribution in [0, 0.1) is 6.92 Å². The zero-order chi connectivity index (χ0) is 20.3. The molecular formula is C19H31F3N4O. The Bertz CT molecular complexity index is 591. The average molecular weight is 388 g/mol. The third-order valence-corrected chi connectivity index (χ3v) is 3.94. The molecule has 0 aromatic heterocycles. The van der Waals surface area contributed by atoms with Crippen molar-refractivity contribution in [3.63, 3.8) is 0 Å². The van der Waals surface area contributed by atoms with Gasteiger partial charge in [0.15, 0.2) is 5.96 Å². The van der Waals surface area contributed by atoms with Crippen LogP contribution in [0.15, 0.2) is 23.2 Å². The molecule has 0 saturated heterocycles. The molecule has 0 fully saturated rings. The maximum absolute atomic E-state index is 12.3. The van der Waals surface area contributed by atoms with Crippen LogP contribution in [0.3, 0.4) is 0 Å². The van der Waals surface area contributed by atoms with Gasteiger partial charge in [-0.3, -0.25) is 9.89 Å². The van der Waals surface area contributed by atoms with Crippen molar-refractivity contribution in [1.82, 2.24) is 15.5 Å². The number of halogens is 3. The quantitative estimate of drug-likeness (QED) is 0.368. The normalized spacial score (nSPS) is 12.4. The van der Waals surface area contributed by atoms with Gasteiger partial charge < -0.3 is 15.4 Å². The largest absolute Gasteiger partial charge is 0.496 e. The number of ether oxygens (including phenoxy) is 1. The smallest absolute Gasteiger partial charge is 0.401 e. The van der Waals surface area contributed by atoms with Crippen LogP contribution in [-0.2, 0) is 6.42 Å². The molecule has 0 bridgehead atoms. The molecule has 1 rings (SSSR count). The monoisotopic (exact) mass is 388 g/mol. The Hall–Kier alpha value is -1.96. The zero-order valence-corrected chi connectivity index (χ0v) is 16.6. The number of hydrogen-bond donors (Lipinski definition) is 2. The van der Waals surface area contributed by atoms with Crippen molar-refractivity contribution in [1.29, 1.82) is 0 Å². The molecule has 8 heteroatoms. The number of aliphatic imine (C=N–C) groups is 1. The summed E-state index contributed by atoms with van der Waals surface area (Å²) >= 11 is 0. The van der Waals surface area contributed by atoms with Crippen LogP contribution in [0.5, 0.6) is 5.75 Å². The molecule has 0 radical (unpaired) electrons. The van der Waals surface area contributed by atoms with E-state index in [0.29, 0.717) is 32.0 Å². The molecule has 1 aromatic carbocycles. The standard InChI is InChI=1S/C19H31F3N4O/c1-5-23-18(24-10-6-12-26(3)14-19(20,21)22)25-11-9-16-8-7-15(2)17(13-16)27-4/h7-8,13H,5-6,9-12,14H2,1-4H3,(H2,23,24,25). The fraction of sp³-hybridized carbons (Fsp3) is 0.632. The van der Waals surface area contributed by atoms with Gasteiger partial charge in [-0.25, -0.2) is 0 Å². The number of rotatable bonds is 10. The van der Waals surface area contributed by atoms with E-state index in [-0.39, 0.29) is 0 Å². The van der Waals surface area contributed by atoms with Gasteiger partial charge in [0.25, 0.3) is 0 Å². The summed E-state index contributed by atoms with van der Waals surface area (Å²) in [4.78, 5) is 5.69. The molecule has 0 saturated carbocycles. The Morgan fingerprint density at radius 3 is 2.63 bits per heavy atom. The van der Waals surface area contributed by atoms with Crippen LogP contribution >= 0.6 is 0 Å². The topological polar surface area (TPSA) is 48.9 Å². The average Bonchev–Trinajstić information content (AvgIpc) is 2.58. The van der Waals surface area contributed by atoms with E-state index in [1.54, 1.807) is 7.11 Å².